The van der Waals surface area contributed by atoms with E-state index in [1.54, 1.807) is 42.6 Å². The SMILES string of the molecule is O=C(NN=Cc1c[nH]c2ccccc12)C(=CC=Cc1ccccc1)NC(=O)c1ccccc1. The van der Waals surface area contributed by atoms with Gasteiger partial charge in [0, 0.05) is 28.2 Å². The molecule has 0 atom stereocenters. The maximum Gasteiger partial charge on any atom is 0.287 e. The van der Waals surface area contributed by atoms with E-state index in [9.17, 15) is 9.59 Å². The van der Waals surface area contributed by atoms with E-state index >= 15 is 0 Å². The highest BCUT2D eigenvalue weighted by atomic mass is 16.2. The maximum absolute atomic E-state index is 12.8. The minimum absolute atomic E-state index is 0.0760. The quantitative estimate of drug-likeness (QED) is 0.171. The monoisotopic (exact) mass is 434 g/mol. The Morgan fingerprint density at radius 1 is 0.848 bits per heavy atom. The van der Waals surface area contributed by atoms with Gasteiger partial charge >= 0.3 is 0 Å². The molecule has 2 amide bonds. The third-order valence-electron chi connectivity index (χ3n) is 4.87. The number of aromatic amines is 1. The predicted octanol–water partition coefficient (Wildman–Crippen LogP) is 4.65. The van der Waals surface area contributed by atoms with Gasteiger partial charge in [0.2, 0.25) is 0 Å². The summed E-state index contributed by atoms with van der Waals surface area (Å²) in [5.41, 5.74) is 5.81. The van der Waals surface area contributed by atoms with Crippen molar-refractivity contribution in [2.45, 2.75) is 0 Å². The summed E-state index contributed by atoms with van der Waals surface area (Å²) in [4.78, 5) is 28.6. The Hall–Kier alpha value is -4.71. The Bertz CT molecular complexity index is 1340. The van der Waals surface area contributed by atoms with Crippen LogP contribution >= 0.6 is 0 Å². The zero-order valence-electron chi connectivity index (χ0n) is 17.7. The number of nitrogens with one attached hydrogen (secondary N) is 3. The van der Waals surface area contributed by atoms with E-state index in [2.05, 4.69) is 20.8 Å². The molecule has 6 heteroatoms. The number of H-pyrrole nitrogens is 1. The van der Waals surface area contributed by atoms with Crippen LogP contribution in [-0.2, 0) is 4.79 Å². The van der Waals surface area contributed by atoms with E-state index in [4.69, 9.17) is 0 Å². The molecular formula is C27H22N4O2. The molecule has 0 saturated carbocycles. The molecular weight excluding hydrogens is 412 g/mol. The van der Waals surface area contributed by atoms with Crippen molar-refractivity contribution in [3.63, 3.8) is 0 Å². The number of rotatable bonds is 7. The van der Waals surface area contributed by atoms with E-state index in [-0.39, 0.29) is 11.6 Å². The van der Waals surface area contributed by atoms with Gasteiger partial charge in [-0.1, -0.05) is 78.9 Å². The van der Waals surface area contributed by atoms with Crippen LogP contribution in [0, 0.1) is 0 Å². The molecule has 6 nitrogen and oxygen atoms in total. The highest BCUT2D eigenvalue weighted by molar-refractivity contribution is 6.04. The minimum atomic E-state index is -0.534. The number of benzene rings is 3. The van der Waals surface area contributed by atoms with Gasteiger partial charge in [0.25, 0.3) is 11.8 Å². The summed E-state index contributed by atoms with van der Waals surface area (Å²) >= 11 is 0. The van der Waals surface area contributed by atoms with Gasteiger partial charge < -0.3 is 10.3 Å². The number of hydrogen-bond acceptors (Lipinski definition) is 3. The van der Waals surface area contributed by atoms with Gasteiger partial charge in [-0.15, -0.1) is 0 Å². The highest BCUT2D eigenvalue weighted by Crippen LogP contribution is 2.15. The molecule has 1 heterocycles. The molecule has 3 aromatic carbocycles. The Kier molecular flexibility index (Phi) is 6.88. The van der Waals surface area contributed by atoms with Gasteiger partial charge in [-0.05, 0) is 29.8 Å². The first-order valence-electron chi connectivity index (χ1n) is 10.4. The van der Waals surface area contributed by atoms with E-state index in [1.165, 1.54) is 0 Å². The Morgan fingerprint density at radius 3 is 2.33 bits per heavy atom. The van der Waals surface area contributed by atoms with Crippen LogP contribution in [0.25, 0.3) is 17.0 Å². The third kappa shape index (κ3) is 5.71. The van der Waals surface area contributed by atoms with Crippen molar-refractivity contribution in [1.29, 1.82) is 0 Å². The molecule has 0 bridgehead atoms. The lowest BCUT2D eigenvalue weighted by atomic mass is 10.2. The van der Waals surface area contributed by atoms with Crippen LogP contribution in [0.2, 0.25) is 0 Å². The van der Waals surface area contributed by atoms with Crippen molar-refractivity contribution in [1.82, 2.24) is 15.7 Å². The van der Waals surface area contributed by atoms with Gasteiger partial charge in [0.15, 0.2) is 0 Å². The molecule has 4 rings (SSSR count). The number of carbonyl (C=O) groups is 2. The van der Waals surface area contributed by atoms with Crippen molar-refractivity contribution in [3.05, 3.63) is 126 Å². The summed E-state index contributed by atoms with van der Waals surface area (Å²) in [6, 6.07) is 26.2. The average Bonchev–Trinajstić information content (AvgIpc) is 3.27. The highest BCUT2D eigenvalue weighted by Gasteiger charge is 2.13. The molecule has 33 heavy (non-hydrogen) atoms. The summed E-state index contributed by atoms with van der Waals surface area (Å²) in [5, 5.41) is 7.74. The summed E-state index contributed by atoms with van der Waals surface area (Å²) in [5.74, 6) is -0.918. The second-order valence-electron chi connectivity index (χ2n) is 7.16. The van der Waals surface area contributed by atoms with E-state index in [0.717, 1.165) is 22.0 Å². The zero-order valence-corrected chi connectivity index (χ0v) is 17.7. The summed E-state index contributed by atoms with van der Waals surface area (Å²) in [6.45, 7) is 0. The van der Waals surface area contributed by atoms with Gasteiger partial charge in [-0.25, -0.2) is 5.43 Å². The number of fused-ring (bicyclic) bond motifs is 1. The fraction of sp³-hybridized carbons (Fsp3) is 0. The standard InChI is InChI=1S/C27H22N4O2/c32-26(21-13-5-2-6-14-21)30-25(17-9-12-20-10-3-1-4-11-20)27(33)31-29-19-22-18-28-24-16-8-7-15-23(22)24/h1-19,28H,(H,30,32)(H,31,33). The molecule has 1 aromatic heterocycles. The van der Waals surface area contributed by atoms with Gasteiger partial charge in [0.05, 0.1) is 6.21 Å². The molecule has 0 aliphatic heterocycles. The number of aromatic nitrogens is 1. The first-order chi connectivity index (χ1) is 16.2. The number of nitrogens with zero attached hydrogens (tertiary/aromatic N) is 1. The van der Waals surface area contributed by atoms with E-state index < -0.39 is 5.91 Å². The Morgan fingerprint density at radius 2 is 1.55 bits per heavy atom. The van der Waals surface area contributed by atoms with Gasteiger partial charge in [-0.2, -0.15) is 5.10 Å². The first kappa shape index (κ1) is 21.5. The normalized spacial score (nSPS) is 11.8. The molecule has 0 saturated heterocycles. The van der Waals surface area contributed by atoms with Crippen LogP contribution < -0.4 is 10.7 Å². The average molecular weight is 434 g/mol. The number of hydrazone groups is 1. The molecule has 0 unspecified atom stereocenters. The van der Waals surface area contributed by atoms with E-state index in [0.29, 0.717) is 5.56 Å². The summed E-state index contributed by atoms with van der Waals surface area (Å²) in [6.07, 6.45) is 8.48. The second kappa shape index (κ2) is 10.5. The predicted molar refractivity (Wildman–Crippen MR) is 132 cm³/mol. The van der Waals surface area contributed by atoms with Crippen molar-refractivity contribution in [2.24, 2.45) is 5.10 Å². The lowest BCUT2D eigenvalue weighted by molar-refractivity contribution is -0.117. The van der Waals surface area contributed by atoms with Gasteiger partial charge in [0.1, 0.15) is 5.70 Å². The molecule has 0 aliphatic rings. The van der Waals surface area contributed by atoms with Crippen LogP contribution in [0.15, 0.2) is 114 Å². The topological polar surface area (TPSA) is 86.3 Å². The number of amides is 2. The van der Waals surface area contributed by atoms with Crippen LogP contribution in [0.4, 0.5) is 0 Å². The third-order valence-corrected chi connectivity index (χ3v) is 4.87. The fourth-order valence-electron chi connectivity index (χ4n) is 3.20. The number of hydrogen-bond donors (Lipinski definition) is 3. The molecule has 0 radical (unpaired) electrons. The van der Waals surface area contributed by atoms with Crippen LogP contribution in [-0.4, -0.2) is 23.0 Å². The molecule has 0 aliphatic carbocycles. The van der Waals surface area contributed by atoms with Gasteiger partial charge in [-0.3, -0.25) is 9.59 Å². The maximum atomic E-state index is 12.8. The molecule has 0 fully saturated rings. The van der Waals surface area contributed by atoms with Crippen molar-refractivity contribution < 1.29 is 9.59 Å². The number of carbonyl (C=O) groups excluding carboxylic acids is 2. The molecule has 0 spiro atoms. The molecule has 3 N–H and O–H groups in total. The Balaban J connectivity index is 1.51. The van der Waals surface area contributed by atoms with Crippen molar-refractivity contribution in [2.75, 3.05) is 0 Å². The Labute approximate surface area is 191 Å². The van der Waals surface area contributed by atoms with Crippen LogP contribution in [0.5, 0.6) is 0 Å². The number of allylic oxidation sites excluding steroid dienone is 2. The van der Waals surface area contributed by atoms with E-state index in [1.807, 2.05) is 72.9 Å². The number of para-hydroxylation sites is 1. The second-order valence-corrected chi connectivity index (χ2v) is 7.16. The lowest BCUT2D eigenvalue weighted by Gasteiger charge is -2.08. The molecule has 162 valence electrons. The smallest absolute Gasteiger partial charge is 0.287 e. The minimum Gasteiger partial charge on any atom is -0.361 e. The molecule has 4 aromatic rings. The zero-order chi connectivity index (χ0) is 22.9. The van der Waals surface area contributed by atoms with Crippen LogP contribution in [0.3, 0.4) is 0 Å². The summed E-state index contributed by atoms with van der Waals surface area (Å²) in [7, 11) is 0. The lowest BCUT2D eigenvalue weighted by Crippen LogP contribution is -2.32. The summed E-state index contributed by atoms with van der Waals surface area (Å²) < 4.78 is 0. The largest absolute Gasteiger partial charge is 0.361 e. The first-order valence-corrected chi connectivity index (χ1v) is 10.4. The van der Waals surface area contributed by atoms with Crippen LogP contribution in [0.1, 0.15) is 21.5 Å². The van der Waals surface area contributed by atoms with Crippen molar-refractivity contribution >= 4 is 35.0 Å². The van der Waals surface area contributed by atoms with Crippen molar-refractivity contribution in [3.8, 4) is 0 Å². The fourth-order valence-corrected chi connectivity index (χ4v) is 3.20.